The van der Waals surface area contributed by atoms with Gasteiger partial charge < -0.3 is 10.3 Å². The fourth-order valence-electron chi connectivity index (χ4n) is 1.75. The van der Waals surface area contributed by atoms with Crippen LogP contribution in [0.25, 0.3) is 0 Å². The average molecular weight is 233 g/mol. The molecule has 0 saturated heterocycles. The first-order valence-corrected chi connectivity index (χ1v) is 5.69. The van der Waals surface area contributed by atoms with Crippen LogP contribution in [0.4, 0.5) is 0 Å². The Morgan fingerprint density at radius 2 is 2.06 bits per heavy atom. The molecule has 0 aliphatic carbocycles. The summed E-state index contributed by atoms with van der Waals surface area (Å²) < 4.78 is 1.61. The molecule has 2 N–H and O–H groups in total. The number of aromatic nitrogens is 1. The Morgan fingerprint density at radius 3 is 2.47 bits per heavy atom. The van der Waals surface area contributed by atoms with Gasteiger partial charge in [0.05, 0.1) is 0 Å². The van der Waals surface area contributed by atoms with E-state index in [0.29, 0.717) is 6.54 Å². The van der Waals surface area contributed by atoms with E-state index in [-0.39, 0.29) is 17.0 Å². The molecule has 0 spiro atoms. The van der Waals surface area contributed by atoms with Crippen LogP contribution in [-0.2, 0) is 6.54 Å². The van der Waals surface area contributed by atoms with E-state index in [4.69, 9.17) is 11.0 Å². The molecule has 0 saturated carbocycles. The number of nitriles is 1. The molecule has 0 unspecified atom stereocenters. The number of hydrogen-bond donors (Lipinski definition) is 1. The number of nitrogens with zero attached hydrogens (tertiary/aromatic N) is 2. The van der Waals surface area contributed by atoms with Crippen molar-refractivity contribution in [3.05, 3.63) is 33.7 Å². The van der Waals surface area contributed by atoms with E-state index in [2.05, 4.69) is 0 Å². The number of rotatable bonds is 3. The molecule has 1 aromatic heterocycles. The van der Waals surface area contributed by atoms with Gasteiger partial charge in [0.2, 0.25) is 0 Å². The highest BCUT2D eigenvalue weighted by molar-refractivity contribution is 5.28. The van der Waals surface area contributed by atoms with Crippen molar-refractivity contribution >= 4 is 0 Å². The van der Waals surface area contributed by atoms with Gasteiger partial charge in [-0.1, -0.05) is 13.8 Å². The standard InChI is InChI=1S/C13H19N3O/c1-9(2)11-6-5-10(7-14)12(17)16(11)8-13(3,4)15/h5-6,9H,8,15H2,1-4H3. The third kappa shape index (κ3) is 3.18. The van der Waals surface area contributed by atoms with Gasteiger partial charge in [-0.15, -0.1) is 0 Å². The first kappa shape index (κ1) is 13.5. The lowest BCUT2D eigenvalue weighted by atomic mass is 10.0. The Labute approximate surface area is 102 Å². The van der Waals surface area contributed by atoms with Crippen molar-refractivity contribution in [2.45, 2.75) is 45.7 Å². The van der Waals surface area contributed by atoms with Crippen molar-refractivity contribution in [2.24, 2.45) is 5.73 Å². The summed E-state index contributed by atoms with van der Waals surface area (Å²) in [6, 6.07) is 5.32. The van der Waals surface area contributed by atoms with Crippen LogP contribution in [0.5, 0.6) is 0 Å². The molecule has 0 radical (unpaired) electrons. The van der Waals surface area contributed by atoms with Crippen molar-refractivity contribution in [3.63, 3.8) is 0 Å². The minimum atomic E-state index is -0.485. The van der Waals surface area contributed by atoms with Gasteiger partial charge in [-0.05, 0) is 31.9 Å². The average Bonchev–Trinajstić information content (AvgIpc) is 2.18. The summed E-state index contributed by atoms with van der Waals surface area (Å²) in [7, 11) is 0. The Balaban J connectivity index is 3.42. The number of pyridine rings is 1. The van der Waals surface area contributed by atoms with E-state index in [0.717, 1.165) is 5.69 Å². The largest absolute Gasteiger partial charge is 0.324 e. The first-order chi connectivity index (χ1) is 7.76. The highest BCUT2D eigenvalue weighted by Crippen LogP contribution is 2.15. The molecule has 17 heavy (non-hydrogen) atoms. The topological polar surface area (TPSA) is 71.8 Å². The molecule has 1 heterocycles. The lowest BCUT2D eigenvalue weighted by Crippen LogP contribution is -2.42. The molecule has 92 valence electrons. The van der Waals surface area contributed by atoms with E-state index < -0.39 is 5.54 Å². The number of hydrogen-bond acceptors (Lipinski definition) is 3. The zero-order valence-corrected chi connectivity index (χ0v) is 10.8. The molecule has 0 fully saturated rings. The van der Waals surface area contributed by atoms with Crippen molar-refractivity contribution in [1.82, 2.24) is 4.57 Å². The summed E-state index contributed by atoms with van der Waals surface area (Å²) in [4.78, 5) is 12.1. The summed E-state index contributed by atoms with van der Waals surface area (Å²) >= 11 is 0. The van der Waals surface area contributed by atoms with Crippen molar-refractivity contribution < 1.29 is 0 Å². The van der Waals surface area contributed by atoms with Crippen LogP contribution in [0.3, 0.4) is 0 Å². The molecule has 0 atom stereocenters. The van der Waals surface area contributed by atoms with Crippen LogP contribution in [-0.4, -0.2) is 10.1 Å². The molecule has 0 bridgehead atoms. The third-order valence-electron chi connectivity index (χ3n) is 2.49. The van der Waals surface area contributed by atoms with Gasteiger partial charge in [0.15, 0.2) is 0 Å². The highest BCUT2D eigenvalue weighted by atomic mass is 16.1. The van der Waals surface area contributed by atoms with Crippen LogP contribution in [0.2, 0.25) is 0 Å². The molecule has 0 aliphatic heterocycles. The van der Waals surface area contributed by atoms with E-state index >= 15 is 0 Å². The lowest BCUT2D eigenvalue weighted by molar-refractivity contribution is 0.413. The van der Waals surface area contributed by atoms with E-state index in [1.165, 1.54) is 0 Å². The van der Waals surface area contributed by atoms with E-state index in [9.17, 15) is 4.79 Å². The van der Waals surface area contributed by atoms with Gasteiger partial charge in [-0.2, -0.15) is 5.26 Å². The van der Waals surface area contributed by atoms with Crippen LogP contribution in [0.1, 0.15) is 44.9 Å². The van der Waals surface area contributed by atoms with Crippen LogP contribution >= 0.6 is 0 Å². The summed E-state index contributed by atoms with van der Waals surface area (Å²) in [5.74, 6) is 0.220. The maximum Gasteiger partial charge on any atom is 0.268 e. The molecular formula is C13H19N3O. The Hall–Kier alpha value is -1.60. The van der Waals surface area contributed by atoms with Gasteiger partial charge in [-0.25, -0.2) is 0 Å². The highest BCUT2D eigenvalue weighted by Gasteiger charge is 2.18. The molecule has 4 heteroatoms. The van der Waals surface area contributed by atoms with Crippen LogP contribution in [0.15, 0.2) is 16.9 Å². The second kappa shape index (κ2) is 4.72. The van der Waals surface area contributed by atoms with Gasteiger partial charge in [0, 0.05) is 17.8 Å². The van der Waals surface area contributed by atoms with Crippen molar-refractivity contribution in [3.8, 4) is 6.07 Å². The second-order valence-electron chi connectivity index (χ2n) is 5.32. The van der Waals surface area contributed by atoms with E-state index in [1.807, 2.05) is 39.8 Å². The maximum atomic E-state index is 12.1. The molecule has 1 aromatic rings. The third-order valence-corrected chi connectivity index (χ3v) is 2.49. The van der Waals surface area contributed by atoms with Gasteiger partial charge in [-0.3, -0.25) is 4.79 Å². The summed E-state index contributed by atoms with van der Waals surface area (Å²) in [5.41, 5.74) is 6.29. The van der Waals surface area contributed by atoms with E-state index in [1.54, 1.807) is 10.6 Å². The molecule has 1 rings (SSSR count). The minimum absolute atomic E-state index is 0.165. The Morgan fingerprint density at radius 1 is 1.47 bits per heavy atom. The smallest absolute Gasteiger partial charge is 0.268 e. The zero-order valence-electron chi connectivity index (χ0n) is 10.8. The molecule has 0 amide bonds. The first-order valence-electron chi connectivity index (χ1n) is 5.69. The molecule has 4 nitrogen and oxygen atoms in total. The monoisotopic (exact) mass is 233 g/mol. The summed E-state index contributed by atoms with van der Waals surface area (Å²) in [5, 5.41) is 8.88. The maximum absolute atomic E-state index is 12.1. The fourth-order valence-corrected chi connectivity index (χ4v) is 1.75. The number of nitrogens with two attached hydrogens (primary N) is 1. The van der Waals surface area contributed by atoms with Crippen LogP contribution < -0.4 is 11.3 Å². The van der Waals surface area contributed by atoms with Crippen LogP contribution in [0, 0.1) is 11.3 Å². The predicted octanol–water partition coefficient (Wildman–Crippen LogP) is 1.58. The molecule has 0 aromatic carbocycles. The molecule has 0 aliphatic rings. The predicted molar refractivity (Wildman–Crippen MR) is 67.8 cm³/mol. The van der Waals surface area contributed by atoms with Gasteiger partial charge in [0.25, 0.3) is 5.56 Å². The quantitative estimate of drug-likeness (QED) is 0.861. The zero-order chi connectivity index (χ0) is 13.2. The summed E-state index contributed by atoms with van der Waals surface area (Å²) in [6.07, 6.45) is 0. The molecular weight excluding hydrogens is 214 g/mol. The second-order valence-corrected chi connectivity index (χ2v) is 5.32. The van der Waals surface area contributed by atoms with Crippen molar-refractivity contribution in [1.29, 1.82) is 5.26 Å². The van der Waals surface area contributed by atoms with Gasteiger partial charge in [0.1, 0.15) is 11.6 Å². The Kier molecular flexibility index (Phi) is 3.74. The SMILES string of the molecule is CC(C)c1ccc(C#N)c(=O)n1CC(C)(C)N. The Bertz CT molecular complexity index is 501. The van der Waals surface area contributed by atoms with Crippen molar-refractivity contribution in [2.75, 3.05) is 0 Å². The lowest BCUT2D eigenvalue weighted by Gasteiger charge is -2.24. The van der Waals surface area contributed by atoms with Gasteiger partial charge >= 0.3 is 0 Å². The minimum Gasteiger partial charge on any atom is -0.324 e. The normalized spacial score (nSPS) is 11.6. The fraction of sp³-hybridized carbons (Fsp3) is 0.538. The summed E-state index contributed by atoms with van der Waals surface area (Å²) in [6.45, 7) is 8.17.